The molecule has 1 saturated carbocycles. The van der Waals surface area contributed by atoms with Crippen molar-refractivity contribution < 1.29 is 0 Å². The summed E-state index contributed by atoms with van der Waals surface area (Å²) in [6.07, 6.45) is 11.3. The highest BCUT2D eigenvalue weighted by atomic mass is 15.3. The second kappa shape index (κ2) is 8.27. The van der Waals surface area contributed by atoms with E-state index in [2.05, 4.69) is 30.6 Å². The minimum atomic E-state index is 0.327. The average Bonchev–Trinajstić information content (AvgIpc) is 3.21. The summed E-state index contributed by atoms with van der Waals surface area (Å²) in [7, 11) is 0. The molecule has 0 aromatic carbocycles. The molecule has 1 aliphatic rings. The van der Waals surface area contributed by atoms with E-state index >= 15 is 0 Å². The Balaban J connectivity index is 1.36. The third-order valence-corrected chi connectivity index (χ3v) is 5.67. The second-order valence-electron chi connectivity index (χ2n) is 7.98. The minimum Gasteiger partial charge on any atom is -0.366 e. The average molecular weight is 416 g/mol. The lowest BCUT2D eigenvalue weighted by Gasteiger charge is -2.27. The van der Waals surface area contributed by atoms with Gasteiger partial charge in [0.15, 0.2) is 5.65 Å². The number of fused-ring (bicyclic) bond motifs is 1. The molecule has 9 heteroatoms. The predicted octanol–water partition coefficient (Wildman–Crippen LogP) is 3.32. The topological polar surface area (TPSA) is 119 Å². The highest BCUT2D eigenvalue weighted by molar-refractivity contribution is 5.63. The van der Waals surface area contributed by atoms with E-state index in [4.69, 9.17) is 10.8 Å². The van der Waals surface area contributed by atoms with Crippen LogP contribution in [0.2, 0.25) is 0 Å². The maximum absolute atomic E-state index is 6.02. The van der Waals surface area contributed by atoms with Crippen LogP contribution in [-0.4, -0.2) is 41.6 Å². The second-order valence-corrected chi connectivity index (χ2v) is 7.98. The zero-order valence-corrected chi connectivity index (χ0v) is 17.4. The molecule has 4 N–H and O–H groups in total. The highest BCUT2D eigenvalue weighted by Gasteiger charge is 2.19. The molecule has 0 atom stereocenters. The van der Waals surface area contributed by atoms with Gasteiger partial charge in [0.05, 0.1) is 11.9 Å². The monoisotopic (exact) mass is 415 g/mol. The fourth-order valence-corrected chi connectivity index (χ4v) is 3.87. The van der Waals surface area contributed by atoms with E-state index in [9.17, 15) is 0 Å². The Morgan fingerprint density at radius 1 is 0.968 bits per heavy atom. The van der Waals surface area contributed by atoms with E-state index in [1.54, 1.807) is 24.8 Å². The summed E-state index contributed by atoms with van der Waals surface area (Å²) in [4.78, 5) is 17.7. The molecule has 0 bridgehead atoms. The normalized spacial score (nSPS) is 18.8. The Bertz CT molecular complexity index is 1180. The summed E-state index contributed by atoms with van der Waals surface area (Å²) in [5.74, 6) is 2.06. The first-order valence-electron chi connectivity index (χ1n) is 10.5. The number of nitrogens with zero attached hydrogens (tertiary/aromatic N) is 6. The number of pyridine rings is 1. The number of imidazole rings is 1. The van der Waals surface area contributed by atoms with Gasteiger partial charge in [-0.05, 0) is 56.4 Å². The number of aryl methyl sites for hydroxylation is 1. The Kier molecular flexibility index (Phi) is 5.17. The lowest BCUT2D eigenvalue weighted by molar-refractivity contribution is 0.410. The van der Waals surface area contributed by atoms with E-state index in [0.717, 1.165) is 59.8 Å². The number of nitrogens with two attached hydrogens (primary N) is 1. The fraction of sp³-hybridized carbons (Fsp3) is 0.318. The molecule has 5 rings (SSSR count). The molecule has 4 heterocycles. The number of rotatable bonds is 5. The van der Waals surface area contributed by atoms with E-state index in [1.165, 1.54) is 0 Å². The van der Waals surface area contributed by atoms with Gasteiger partial charge in [0.25, 0.3) is 0 Å². The first-order chi connectivity index (χ1) is 15.2. The van der Waals surface area contributed by atoms with Gasteiger partial charge in [0.2, 0.25) is 5.95 Å². The zero-order chi connectivity index (χ0) is 21.2. The van der Waals surface area contributed by atoms with Crippen molar-refractivity contribution in [2.45, 2.75) is 44.7 Å². The van der Waals surface area contributed by atoms with Gasteiger partial charge >= 0.3 is 0 Å². The molecule has 31 heavy (non-hydrogen) atoms. The van der Waals surface area contributed by atoms with Crippen molar-refractivity contribution in [3.05, 3.63) is 54.6 Å². The largest absolute Gasteiger partial charge is 0.366 e. The van der Waals surface area contributed by atoms with E-state index in [-0.39, 0.29) is 0 Å². The van der Waals surface area contributed by atoms with Crippen LogP contribution in [0, 0.1) is 6.92 Å². The van der Waals surface area contributed by atoms with Crippen molar-refractivity contribution in [1.82, 2.24) is 29.5 Å². The van der Waals surface area contributed by atoms with Crippen molar-refractivity contribution in [1.29, 1.82) is 0 Å². The van der Waals surface area contributed by atoms with Crippen LogP contribution in [0.4, 0.5) is 17.6 Å². The standard InChI is InChI=1S/C22H25N9/c1-14-3-2-10-24-21(14)29-22-26-11-15(12-27-22)18-13-25-20-9-8-19(30-31(18)20)28-17-6-4-16(23)5-7-17/h2-3,8-13,16-17H,4-7,23H2,1H3,(H,28,30)(H,24,26,27,29)/t16-,17-. The molecular formula is C22H25N9. The van der Waals surface area contributed by atoms with Crippen LogP contribution in [0.15, 0.2) is 49.1 Å². The van der Waals surface area contributed by atoms with Crippen molar-refractivity contribution in [3.63, 3.8) is 0 Å². The van der Waals surface area contributed by atoms with E-state index in [1.807, 2.05) is 35.7 Å². The van der Waals surface area contributed by atoms with E-state index < -0.39 is 0 Å². The third kappa shape index (κ3) is 4.17. The maximum Gasteiger partial charge on any atom is 0.228 e. The lowest BCUT2D eigenvalue weighted by atomic mass is 9.92. The maximum atomic E-state index is 6.02. The Morgan fingerprint density at radius 3 is 2.55 bits per heavy atom. The molecule has 4 aromatic rings. The van der Waals surface area contributed by atoms with Crippen LogP contribution in [0.5, 0.6) is 0 Å². The molecule has 0 radical (unpaired) electrons. The van der Waals surface area contributed by atoms with Gasteiger partial charge in [-0.25, -0.2) is 24.5 Å². The molecule has 0 saturated heterocycles. The van der Waals surface area contributed by atoms with Crippen molar-refractivity contribution >= 4 is 23.2 Å². The van der Waals surface area contributed by atoms with Crippen LogP contribution in [0.25, 0.3) is 16.9 Å². The summed E-state index contributed by atoms with van der Waals surface area (Å²) < 4.78 is 1.82. The highest BCUT2D eigenvalue weighted by Crippen LogP contribution is 2.23. The van der Waals surface area contributed by atoms with Crippen molar-refractivity contribution in [3.8, 4) is 11.3 Å². The molecule has 4 aromatic heterocycles. The predicted molar refractivity (Wildman–Crippen MR) is 120 cm³/mol. The molecule has 9 nitrogen and oxygen atoms in total. The van der Waals surface area contributed by atoms with Gasteiger partial charge in [-0.1, -0.05) is 6.07 Å². The number of anilines is 3. The molecule has 0 aliphatic heterocycles. The molecule has 0 amide bonds. The van der Waals surface area contributed by atoms with Gasteiger partial charge in [0.1, 0.15) is 11.6 Å². The molecule has 1 fully saturated rings. The van der Waals surface area contributed by atoms with Crippen LogP contribution in [0.3, 0.4) is 0 Å². The summed E-state index contributed by atoms with van der Waals surface area (Å²) >= 11 is 0. The number of nitrogens with one attached hydrogen (secondary N) is 2. The van der Waals surface area contributed by atoms with Crippen molar-refractivity contribution in [2.24, 2.45) is 5.73 Å². The lowest BCUT2D eigenvalue weighted by Crippen LogP contribution is -2.33. The van der Waals surface area contributed by atoms with Crippen LogP contribution >= 0.6 is 0 Å². The molecular weight excluding hydrogens is 390 g/mol. The number of aromatic nitrogens is 6. The van der Waals surface area contributed by atoms with Gasteiger partial charge in [-0.2, -0.15) is 0 Å². The van der Waals surface area contributed by atoms with Crippen molar-refractivity contribution in [2.75, 3.05) is 10.6 Å². The summed E-state index contributed by atoms with van der Waals surface area (Å²) in [6, 6.07) is 8.55. The Labute approximate surface area is 180 Å². The first kappa shape index (κ1) is 19.4. The minimum absolute atomic E-state index is 0.327. The van der Waals surface area contributed by atoms with Gasteiger partial charge < -0.3 is 16.4 Å². The molecule has 0 unspecified atom stereocenters. The number of hydrogen-bond donors (Lipinski definition) is 3. The molecule has 1 aliphatic carbocycles. The molecule has 0 spiro atoms. The van der Waals surface area contributed by atoms with Crippen LogP contribution in [0.1, 0.15) is 31.2 Å². The van der Waals surface area contributed by atoms with Crippen LogP contribution < -0.4 is 16.4 Å². The van der Waals surface area contributed by atoms with Gasteiger partial charge in [-0.15, -0.1) is 5.10 Å². The molecule has 158 valence electrons. The quantitative estimate of drug-likeness (QED) is 0.454. The zero-order valence-electron chi connectivity index (χ0n) is 17.4. The fourth-order valence-electron chi connectivity index (χ4n) is 3.87. The van der Waals surface area contributed by atoms with Gasteiger partial charge in [0, 0.05) is 36.2 Å². The smallest absolute Gasteiger partial charge is 0.228 e. The summed E-state index contributed by atoms with van der Waals surface area (Å²) in [6.45, 7) is 1.99. The summed E-state index contributed by atoms with van der Waals surface area (Å²) in [5.41, 5.74) is 9.50. The Hall–Kier alpha value is -3.59. The third-order valence-electron chi connectivity index (χ3n) is 5.67. The Morgan fingerprint density at radius 2 is 1.77 bits per heavy atom. The SMILES string of the molecule is Cc1cccnc1Nc1ncc(-c2cnc3ccc(N[C@H]4CC[C@H](N)CC4)nn23)cn1. The van der Waals surface area contributed by atoms with Crippen LogP contribution in [-0.2, 0) is 0 Å². The first-order valence-corrected chi connectivity index (χ1v) is 10.5. The van der Waals surface area contributed by atoms with E-state index in [0.29, 0.717) is 18.0 Å². The summed E-state index contributed by atoms with van der Waals surface area (Å²) in [5, 5.41) is 11.4. The number of hydrogen-bond acceptors (Lipinski definition) is 8. The van der Waals surface area contributed by atoms with Gasteiger partial charge in [-0.3, -0.25) is 0 Å².